The van der Waals surface area contributed by atoms with Crippen LogP contribution in [0.15, 0.2) is 24.4 Å². The van der Waals surface area contributed by atoms with E-state index in [2.05, 4.69) is 10.3 Å². The van der Waals surface area contributed by atoms with Crippen LogP contribution < -0.4 is 5.32 Å². The van der Waals surface area contributed by atoms with Gasteiger partial charge in [0, 0.05) is 23.2 Å². The molecule has 2 aromatic rings. The minimum absolute atomic E-state index is 0.00660. The highest BCUT2D eigenvalue weighted by atomic mass is 32.1. The Balaban J connectivity index is 2.22. The van der Waals surface area contributed by atoms with Gasteiger partial charge in [0.1, 0.15) is 5.01 Å². The third-order valence-electron chi connectivity index (χ3n) is 2.82. The Labute approximate surface area is 124 Å². The number of nitro groups is 1. The number of aromatic carboxylic acids is 1. The van der Waals surface area contributed by atoms with E-state index >= 15 is 0 Å². The first-order chi connectivity index (χ1) is 10.0. The number of aryl methyl sites for hydroxylation is 1. The molecule has 0 aliphatic carbocycles. The Kier molecular flexibility index (Phi) is 4.49. The molecular weight excluding hydrogens is 294 g/mol. The van der Waals surface area contributed by atoms with Crippen molar-refractivity contribution in [1.82, 2.24) is 4.98 Å². The molecule has 0 aliphatic heterocycles. The largest absolute Gasteiger partial charge is 0.478 e. The fourth-order valence-electron chi connectivity index (χ4n) is 1.74. The number of carbonyl (C=O) groups is 1. The molecule has 0 bridgehead atoms. The van der Waals surface area contributed by atoms with Crippen LogP contribution in [0.1, 0.15) is 27.2 Å². The minimum atomic E-state index is -1.14. The summed E-state index contributed by atoms with van der Waals surface area (Å²) in [5, 5.41) is 23.6. The quantitative estimate of drug-likeness (QED) is 0.628. The number of nitrogens with one attached hydrogen (secondary N) is 1. The highest BCUT2D eigenvalue weighted by molar-refractivity contribution is 7.11. The van der Waals surface area contributed by atoms with Crippen LogP contribution in [0.25, 0.3) is 0 Å². The number of hydrogen-bond donors (Lipinski definition) is 2. The van der Waals surface area contributed by atoms with Gasteiger partial charge >= 0.3 is 5.97 Å². The van der Waals surface area contributed by atoms with Crippen LogP contribution in [-0.4, -0.2) is 21.0 Å². The van der Waals surface area contributed by atoms with Gasteiger partial charge in [0.25, 0.3) is 5.69 Å². The third-order valence-corrected chi connectivity index (χ3v) is 3.97. The van der Waals surface area contributed by atoms with E-state index in [1.807, 2.05) is 6.92 Å². The van der Waals surface area contributed by atoms with Crippen molar-refractivity contribution in [3.8, 4) is 0 Å². The Hall–Kier alpha value is -2.48. The smallest absolute Gasteiger partial charge is 0.337 e. The summed E-state index contributed by atoms with van der Waals surface area (Å²) in [6, 6.07) is 3.62. The van der Waals surface area contributed by atoms with E-state index in [4.69, 9.17) is 5.11 Å². The Morgan fingerprint density at radius 2 is 2.29 bits per heavy atom. The van der Waals surface area contributed by atoms with E-state index in [0.29, 0.717) is 6.54 Å². The molecule has 1 aromatic heterocycles. The SMILES string of the molecule is CCc1cnc(CNc2cc([N+](=O)[O-])ccc2C(=O)O)s1. The summed E-state index contributed by atoms with van der Waals surface area (Å²) in [6.07, 6.45) is 2.65. The van der Waals surface area contributed by atoms with Crippen LogP contribution in [0.5, 0.6) is 0 Å². The van der Waals surface area contributed by atoms with Crippen molar-refractivity contribution in [3.63, 3.8) is 0 Å². The third kappa shape index (κ3) is 3.54. The molecule has 0 atom stereocenters. The van der Waals surface area contributed by atoms with Gasteiger partial charge in [0.15, 0.2) is 0 Å². The van der Waals surface area contributed by atoms with Crippen LogP contribution in [-0.2, 0) is 13.0 Å². The first kappa shape index (κ1) is 14.9. The van der Waals surface area contributed by atoms with Crippen molar-refractivity contribution < 1.29 is 14.8 Å². The van der Waals surface area contributed by atoms with Crippen LogP contribution in [0.3, 0.4) is 0 Å². The van der Waals surface area contributed by atoms with Crippen molar-refractivity contribution in [2.75, 3.05) is 5.32 Å². The van der Waals surface area contributed by atoms with Crippen LogP contribution in [0.4, 0.5) is 11.4 Å². The topological polar surface area (TPSA) is 105 Å². The van der Waals surface area contributed by atoms with Crippen molar-refractivity contribution in [2.24, 2.45) is 0 Å². The van der Waals surface area contributed by atoms with Gasteiger partial charge in [0.2, 0.25) is 0 Å². The molecular formula is C13H13N3O4S. The number of non-ortho nitro benzene ring substituents is 1. The molecule has 0 amide bonds. The maximum absolute atomic E-state index is 11.1. The Morgan fingerprint density at radius 1 is 1.52 bits per heavy atom. The van der Waals surface area contributed by atoms with Crippen LogP contribution >= 0.6 is 11.3 Å². The first-order valence-electron chi connectivity index (χ1n) is 6.20. The molecule has 21 heavy (non-hydrogen) atoms. The fraction of sp³-hybridized carbons (Fsp3) is 0.231. The second kappa shape index (κ2) is 6.31. The first-order valence-corrected chi connectivity index (χ1v) is 7.02. The number of nitrogens with zero attached hydrogens (tertiary/aromatic N) is 2. The molecule has 0 spiro atoms. The summed E-state index contributed by atoms with van der Waals surface area (Å²) in [4.78, 5) is 26.7. The summed E-state index contributed by atoms with van der Waals surface area (Å²) < 4.78 is 0. The molecule has 0 unspecified atom stereocenters. The summed E-state index contributed by atoms with van der Waals surface area (Å²) in [7, 11) is 0. The van der Waals surface area contributed by atoms with E-state index in [1.165, 1.54) is 29.5 Å². The van der Waals surface area contributed by atoms with Gasteiger partial charge < -0.3 is 10.4 Å². The maximum Gasteiger partial charge on any atom is 0.337 e. The molecule has 110 valence electrons. The van der Waals surface area contributed by atoms with Gasteiger partial charge in [-0.05, 0) is 12.5 Å². The predicted octanol–water partition coefficient (Wildman–Crippen LogP) is 2.92. The monoisotopic (exact) mass is 307 g/mol. The Bertz CT molecular complexity index is 684. The van der Waals surface area contributed by atoms with Gasteiger partial charge in [-0.25, -0.2) is 9.78 Å². The van der Waals surface area contributed by atoms with Crippen LogP contribution in [0.2, 0.25) is 0 Å². The van der Waals surface area contributed by atoms with E-state index < -0.39 is 10.9 Å². The fourth-order valence-corrected chi connectivity index (χ4v) is 2.54. The van der Waals surface area contributed by atoms with Gasteiger partial charge in [-0.15, -0.1) is 11.3 Å². The average molecular weight is 307 g/mol. The van der Waals surface area contributed by atoms with Gasteiger partial charge in [-0.1, -0.05) is 6.92 Å². The molecule has 2 rings (SSSR count). The second-order valence-corrected chi connectivity index (χ2v) is 5.42. The summed E-state index contributed by atoms with van der Waals surface area (Å²) in [6.45, 7) is 2.35. The normalized spacial score (nSPS) is 10.3. The van der Waals surface area contributed by atoms with E-state index in [-0.39, 0.29) is 16.9 Å². The number of benzene rings is 1. The number of aromatic nitrogens is 1. The Morgan fingerprint density at radius 3 is 2.86 bits per heavy atom. The van der Waals surface area contributed by atoms with Crippen molar-refractivity contribution in [1.29, 1.82) is 0 Å². The lowest BCUT2D eigenvalue weighted by Gasteiger charge is -2.08. The van der Waals surface area contributed by atoms with Gasteiger partial charge in [-0.3, -0.25) is 10.1 Å². The lowest BCUT2D eigenvalue weighted by molar-refractivity contribution is -0.384. The van der Waals surface area contributed by atoms with Crippen molar-refractivity contribution >= 4 is 28.7 Å². The highest BCUT2D eigenvalue weighted by Crippen LogP contribution is 2.24. The predicted molar refractivity (Wildman–Crippen MR) is 78.9 cm³/mol. The molecule has 0 saturated carbocycles. The molecule has 0 fully saturated rings. The second-order valence-electron chi connectivity index (χ2n) is 4.22. The number of anilines is 1. The zero-order valence-electron chi connectivity index (χ0n) is 11.2. The number of nitro benzene ring substituents is 1. The number of hydrogen-bond acceptors (Lipinski definition) is 6. The number of carboxylic acid groups (broad SMARTS) is 1. The average Bonchev–Trinajstić information content (AvgIpc) is 2.92. The van der Waals surface area contributed by atoms with E-state index in [1.54, 1.807) is 6.20 Å². The molecule has 1 heterocycles. The molecule has 0 saturated heterocycles. The van der Waals surface area contributed by atoms with E-state index in [0.717, 1.165) is 16.3 Å². The maximum atomic E-state index is 11.1. The minimum Gasteiger partial charge on any atom is -0.478 e. The summed E-state index contributed by atoms with van der Waals surface area (Å²) >= 11 is 1.52. The summed E-state index contributed by atoms with van der Waals surface area (Å²) in [5.41, 5.74) is 0.0497. The summed E-state index contributed by atoms with van der Waals surface area (Å²) in [5.74, 6) is -1.14. The zero-order valence-corrected chi connectivity index (χ0v) is 12.0. The zero-order chi connectivity index (χ0) is 15.4. The molecule has 0 aliphatic rings. The highest BCUT2D eigenvalue weighted by Gasteiger charge is 2.15. The van der Waals surface area contributed by atoms with Gasteiger partial charge in [-0.2, -0.15) is 0 Å². The number of carboxylic acids is 1. The molecule has 7 nitrogen and oxygen atoms in total. The number of thiazole rings is 1. The van der Waals surface area contributed by atoms with Crippen LogP contribution in [0, 0.1) is 10.1 Å². The van der Waals surface area contributed by atoms with Gasteiger partial charge in [0.05, 0.1) is 22.7 Å². The standard InChI is InChI=1S/C13H13N3O4S/c1-2-9-6-15-12(21-9)7-14-11-5-8(16(19)20)3-4-10(11)13(17)18/h3-6,14H,2,7H2,1H3,(H,17,18). The molecule has 2 N–H and O–H groups in total. The van der Waals surface area contributed by atoms with Crippen molar-refractivity contribution in [3.05, 3.63) is 50.0 Å². The van der Waals surface area contributed by atoms with Crippen molar-refractivity contribution in [2.45, 2.75) is 19.9 Å². The number of rotatable bonds is 6. The van der Waals surface area contributed by atoms with E-state index in [9.17, 15) is 14.9 Å². The molecule has 0 radical (unpaired) electrons. The molecule has 8 heteroatoms. The molecule has 1 aromatic carbocycles. The lowest BCUT2D eigenvalue weighted by Crippen LogP contribution is -2.07. The lowest BCUT2D eigenvalue weighted by atomic mass is 10.1.